The summed E-state index contributed by atoms with van der Waals surface area (Å²) < 4.78 is 21.6. The lowest BCUT2D eigenvalue weighted by atomic mass is 9.94. The summed E-state index contributed by atoms with van der Waals surface area (Å²) in [6.45, 7) is 1.94. The number of rotatable bonds is 6. The van der Waals surface area contributed by atoms with Crippen LogP contribution >= 0.6 is 23.1 Å². The Balaban J connectivity index is 1.26. The molecule has 2 aliphatic rings. The number of anilines is 1. The summed E-state index contributed by atoms with van der Waals surface area (Å²) in [6, 6.07) is 24.0. The standard InChI is InChI=1S/C33H24FN3O4S2/c1-18-15-22-16-20(13-14-26(22)41-18)29(38)27-28(24-11-4-5-12-25(24)34)37(31(40)30(27)39)32-35-36-33(43-32)42-17-21-9-6-8-19-7-2-3-10-23(19)21/h2-14,16,18,28,38H,15,17H2,1H3/t18-,28+/m0/s1. The Bertz CT molecular complexity index is 1950. The van der Waals surface area contributed by atoms with Crippen LogP contribution in [0.5, 0.6) is 5.75 Å². The third-order valence-corrected chi connectivity index (χ3v) is 9.75. The molecule has 10 heteroatoms. The fourth-order valence-electron chi connectivity index (χ4n) is 5.66. The Hall–Kier alpha value is -4.54. The highest BCUT2D eigenvalue weighted by Crippen LogP contribution is 2.45. The number of hydrogen-bond donors (Lipinski definition) is 1. The Morgan fingerprint density at radius 1 is 1.05 bits per heavy atom. The molecule has 2 atom stereocenters. The van der Waals surface area contributed by atoms with E-state index in [2.05, 4.69) is 34.5 Å². The second-order valence-corrected chi connectivity index (χ2v) is 12.6. The molecular formula is C33H24FN3O4S2. The van der Waals surface area contributed by atoms with Gasteiger partial charge in [0.2, 0.25) is 5.13 Å². The maximum Gasteiger partial charge on any atom is 0.301 e. The maximum atomic E-state index is 15.3. The van der Waals surface area contributed by atoms with Crippen molar-refractivity contribution in [2.45, 2.75) is 35.6 Å². The summed E-state index contributed by atoms with van der Waals surface area (Å²) in [6.07, 6.45) is 0.632. The molecule has 214 valence electrons. The van der Waals surface area contributed by atoms with Crippen molar-refractivity contribution >= 4 is 56.5 Å². The minimum Gasteiger partial charge on any atom is -0.507 e. The zero-order valence-electron chi connectivity index (χ0n) is 22.9. The van der Waals surface area contributed by atoms with Crippen LogP contribution in [0.2, 0.25) is 0 Å². The highest BCUT2D eigenvalue weighted by atomic mass is 32.2. The molecule has 1 fully saturated rings. The van der Waals surface area contributed by atoms with Gasteiger partial charge in [-0.15, -0.1) is 10.2 Å². The summed E-state index contributed by atoms with van der Waals surface area (Å²) in [4.78, 5) is 28.2. The minimum atomic E-state index is -1.23. The van der Waals surface area contributed by atoms with Crippen LogP contribution in [0.25, 0.3) is 16.5 Å². The third kappa shape index (κ3) is 4.86. The summed E-state index contributed by atoms with van der Waals surface area (Å²) in [7, 11) is 0. The van der Waals surface area contributed by atoms with Crippen LogP contribution in [-0.2, 0) is 21.8 Å². The second kappa shape index (κ2) is 10.9. The van der Waals surface area contributed by atoms with E-state index < -0.39 is 23.5 Å². The second-order valence-electron chi connectivity index (χ2n) is 10.4. The number of nitrogens with zero attached hydrogens (tertiary/aromatic N) is 3. The zero-order chi connectivity index (χ0) is 29.7. The predicted octanol–water partition coefficient (Wildman–Crippen LogP) is 7.07. The number of ether oxygens (including phenoxy) is 1. The number of aliphatic hydroxyl groups excluding tert-OH is 1. The Kier molecular flexibility index (Phi) is 6.95. The van der Waals surface area contributed by atoms with Gasteiger partial charge in [0.25, 0.3) is 5.78 Å². The molecule has 4 aromatic carbocycles. The van der Waals surface area contributed by atoms with Gasteiger partial charge in [0.1, 0.15) is 29.5 Å². The lowest BCUT2D eigenvalue weighted by Crippen LogP contribution is -2.29. The number of Topliss-reactive ketones (excluding diaryl/α,β-unsaturated/α-hetero) is 1. The molecule has 1 amide bonds. The molecule has 0 unspecified atom stereocenters. The highest BCUT2D eigenvalue weighted by molar-refractivity contribution is 8.00. The molecule has 0 radical (unpaired) electrons. The quantitative estimate of drug-likeness (QED) is 0.0724. The van der Waals surface area contributed by atoms with Gasteiger partial charge in [-0.05, 0) is 53.1 Å². The van der Waals surface area contributed by atoms with Gasteiger partial charge in [-0.25, -0.2) is 4.39 Å². The van der Waals surface area contributed by atoms with Crippen LogP contribution < -0.4 is 9.64 Å². The highest BCUT2D eigenvalue weighted by Gasteiger charge is 2.49. The van der Waals surface area contributed by atoms with E-state index in [1.165, 1.54) is 30.0 Å². The molecular weight excluding hydrogens is 586 g/mol. The van der Waals surface area contributed by atoms with Gasteiger partial charge in [0, 0.05) is 23.3 Å². The number of benzene rings is 4. The number of hydrogen-bond acceptors (Lipinski definition) is 8. The van der Waals surface area contributed by atoms with E-state index in [0.29, 0.717) is 27.8 Å². The van der Waals surface area contributed by atoms with Crippen LogP contribution in [0.15, 0.2) is 94.8 Å². The van der Waals surface area contributed by atoms with Crippen molar-refractivity contribution in [1.29, 1.82) is 0 Å². The molecule has 0 bridgehead atoms. The smallest absolute Gasteiger partial charge is 0.301 e. The van der Waals surface area contributed by atoms with Crippen molar-refractivity contribution < 1.29 is 23.8 Å². The van der Waals surface area contributed by atoms with E-state index in [4.69, 9.17) is 4.74 Å². The van der Waals surface area contributed by atoms with Crippen LogP contribution in [0.4, 0.5) is 9.52 Å². The molecule has 1 aromatic heterocycles. The number of carbonyl (C=O) groups is 2. The molecule has 43 heavy (non-hydrogen) atoms. The number of amides is 1. The molecule has 0 saturated carbocycles. The number of fused-ring (bicyclic) bond motifs is 2. The van der Waals surface area contributed by atoms with E-state index in [-0.39, 0.29) is 28.1 Å². The number of aliphatic hydroxyl groups is 1. The number of ketones is 1. The fourth-order valence-corrected chi connectivity index (χ4v) is 7.53. The van der Waals surface area contributed by atoms with Crippen molar-refractivity contribution in [1.82, 2.24) is 10.2 Å². The first-order valence-electron chi connectivity index (χ1n) is 13.7. The summed E-state index contributed by atoms with van der Waals surface area (Å²) in [5.41, 5.74) is 2.22. The van der Waals surface area contributed by atoms with Crippen LogP contribution in [0, 0.1) is 5.82 Å². The first-order chi connectivity index (χ1) is 20.9. The topological polar surface area (TPSA) is 92.6 Å². The predicted molar refractivity (Wildman–Crippen MR) is 165 cm³/mol. The first-order valence-corrected chi connectivity index (χ1v) is 15.5. The first kappa shape index (κ1) is 27.3. The Morgan fingerprint density at radius 3 is 2.70 bits per heavy atom. The summed E-state index contributed by atoms with van der Waals surface area (Å²) >= 11 is 2.60. The lowest BCUT2D eigenvalue weighted by molar-refractivity contribution is -0.132. The molecule has 7 rings (SSSR count). The van der Waals surface area contributed by atoms with Gasteiger partial charge >= 0.3 is 5.91 Å². The van der Waals surface area contributed by atoms with Gasteiger partial charge in [-0.3, -0.25) is 14.5 Å². The summed E-state index contributed by atoms with van der Waals surface area (Å²) in [5.74, 6) is -1.50. The number of thioether (sulfide) groups is 1. The molecule has 0 aliphatic carbocycles. The van der Waals surface area contributed by atoms with Gasteiger partial charge in [-0.1, -0.05) is 83.8 Å². The van der Waals surface area contributed by atoms with Gasteiger partial charge < -0.3 is 9.84 Å². The largest absolute Gasteiger partial charge is 0.507 e. The van der Waals surface area contributed by atoms with E-state index in [0.717, 1.165) is 38.1 Å². The SMILES string of the molecule is C[C@H]1Cc2cc(C(O)=C3C(=O)C(=O)N(c4nnc(SCc5cccc6ccccc56)s4)[C@@H]3c3ccccc3F)ccc2O1. The maximum absolute atomic E-state index is 15.3. The van der Waals surface area contributed by atoms with Crippen molar-refractivity contribution in [2.75, 3.05) is 4.90 Å². The molecule has 3 heterocycles. The minimum absolute atomic E-state index is 0.0125. The molecule has 2 aliphatic heterocycles. The molecule has 7 nitrogen and oxygen atoms in total. The third-order valence-electron chi connectivity index (χ3n) is 7.65. The van der Waals surface area contributed by atoms with Gasteiger partial charge in [0.15, 0.2) is 4.34 Å². The van der Waals surface area contributed by atoms with Gasteiger partial charge in [0.05, 0.1) is 5.57 Å². The average molecular weight is 610 g/mol. The molecule has 1 saturated heterocycles. The normalized spacial score (nSPS) is 19.2. The molecule has 1 N–H and O–H groups in total. The van der Waals surface area contributed by atoms with E-state index in [9.17, 15) is 14.7 Å². The number of aromatic nitrogens is 2. The zero-order valence-corrected chi connectivity index (χ0v) is 24.5. The van der Waals surface area contributed by atoms with Crippen molar-refractivity contribution in [3.05, 3.63) is 119 Å². The van der Waals surface area contributed by atoms with Crippen molar-refractivity contribution in [2.24, 2.45) is 0 Å². The van der Waals surface area contributed by atoms with Crippen LogP contribution in [-0.4, -0.2) is 33.1 Å². The average Bonchev–Trinajstić information content (AvgIpc) is 3.70. The Morgan fingerprint density at radius 2 is 1.84 bits per heavy atom. The van der Waals surface area contributed by atoms with Crippen LogP contribution in [0.3, 0.4) is 0 Å². The number of halogens is 1. The van der Waals surface area contributed by atoms with E-state index in [1.54, 1.807) is 24.3 Å². The van der Waals surface area contributed by atoms with Crippen molar-refractivity contribution in [3.8, 4) is 5.75 Å². The fraction of sp³-hybridized carbons (Fsp3) is 0.152. The lowest BCUT2D eigenvalue weighted by Gasteiger charge is -2.23. The van der Waals surface area contributed by atoms with E-state index in [1.807, 2.05) is 25.1 Å². The summed E-state index contributed by atoms with van der Waals surface area (Å²) in [5, 5.41) is 22.4. The molecule has 5 aromatic rings. The van der Waals surface area contributed by atoms with Crippen molar-refractivity contribution in [3.63, 3.8) is 0 Å². The van der Waals surface area contributed by atoms with E-state index >= 15 is 4.39 Å². The van der Waals surface area contributed by atoms with Crippen LogP contribution in [0.1, 0.15) is 35.2 Å². The van der Waals surface area contributed by atoms with Gasteiger partial charge in [-0.2, -0.15) is 0 Å². The monoisotopic (exact) mass is 609 g/mol. The number of carbonyl (C=O) groups excluding carboxylic acids is 2. The molecule has 0 spiro atoms. The Labute approximate surface area is 254 Å².